The highest BCUT2D eigenvalue weighted by molar-refractivity contribution is 8.15. The molecular formula is C21H20N4O3S. The quantitative estimate of drug-likeness (QED) is 0.789. The van der Waals surface area contributed by atoms with Crippen LogP contribution in [-0.2, 0) is 9.59 Å². The van der Waals surface area contributed by atoms with Crippen LogP contribution in [0, 0.1) is 11.3 Å². The molecule has 1 fully saturated rings. The number of benzene rings is 2. The second kappa shape index (κ2) is 9.26. The smallest absolute Gasteiger partial charge is 0.242 e. The number of ether oxygens (including phenoxy) is 1. The molecule has 7 nitrogen and oxygen atoms in total. The molecule has 2 aromatic rings. The van der Waals surface area contributed by atoms with Gasteiger partial charge in [-0.3, -0.25) is 14.5 Å². The molecule has 0 radical (unpaired) electrons. The molecule has 1 aliphatic rings. The zero-order valence-electron chi connectivity index (χ0n) is 16.1. The fourth-order valence-corrected chi connectivity index (χ4v) is 4.12. The number of para-hydroxylation sites is 3. The lowest BCUT2D eigenvalue weighted by atomic mass is 10.2. The summed E-state index contributed by atoms with van der Waals surface area (Å²) in [5, 5.41) is 11.8. The molecule has 3 rings (SSSR count). The van der Waals surface area contributed by atoms with E-state index in [2.05, 4.69) is 10.3 Å². The summed E-state index contributed by atoms with van der Waals surface area (Å²) in [7, 11) is 1.57. The number of nitriles is 1. The lowest BCUT2D eigenvalue weighted by Crippen LogP contribution is -2.33. The number of anilines is 1. The molecule has 0 aliphatic carbocycles. The van der Waals surface area contributed by atoms with Gasteiger partial charge in [0, 0.05) is 13.0 Å². The summed E-state index contributed by atoms with van der Waals surface area (Å²) in [4.78, 5) is 31.4. The van der Waals surface area contributed by atoms with Gasteiger partial charge in [0.2, 0.25) is 11.8 Å². The summed E-state index contributed by atoms with van der Waals surface area (Å²) in [6, 6.07) is 16.1. The molecular weight excluding hydrogens is 388 g/mol. The van der Waals surface area contributed by atoms with Crippen molar-refractivity contribution in [1.82, 2.24) is 4.90 Å². The van der Waals surface area contributed by atoms with Gasteiger partial charge in [-0.15, -0.1) is 0 Å². The summed E-state index contributed by atoms with van der Waals surface area (Å²) in [5.41, 5.74) is 1.43. The van der Waals surface area contributed by atoms with E-state index in [1.165, 1.54) is 11.8 Å². The Kier molecular flexibility index (Phi) is 6.52. The van der Waals surface area contributed by atoms with Crippen LogP contribution in [0.4, 0.5) is 11.4 Å². The van der Waals surface area contributed by atoms with E-state index in [0.29, 0.717) is 34.4 Å². The summed E-state index contributed by atoms with van der Waals surface area (Å²) < 4.78 is 5.32. The predicted molar refractivity (Wildman–Crippen MR) is 113 cm³/mol. The Morgan fingerprint density at radius 3 is 2.72 bits per heavy atom. The van der Waals surface area contributed by atoms with Crippen LogP contribution >= 0.6 is 11.8 Å². The number of methoxy groups -OCH3 is 1. The molecule has 29 heavy (non-hydrogen) atoms. The molecule has 1 atom stereocenters. The Bertz CT molecular complexity index is 999. The normalized spacial score (nSPS) is 17.3. The number of amides is 2. The minimum atomic E-state index is -0.572. The molecule has 1 aliphatic heterocycles. The summed E-state index contributed by atoms with van der Waals surface area (Å²) in [6.45, 7) is 2.32. The lowest BCUT2D eigenvalue weighted by Gasteiger charge is -2.14. The second-order valence-electron chi connectivity index (χ2n) is 6.16. The first-order valence-corrected chi connectivity index (χ1v) is 9.94. The Labute approximate surface area is 173 Å². The Morgan fingerprint density at radius 1 is 1.28 bits per heavy atom. The van der Waals surface area contributed by atoms with Crippen molar-refractivity contribution >= 4 is 40.1 Å². The molecule has 1 saturated heterocycles. The van der Waals surface area contributed by atoms with E-state index in [9.17, 15) is 9.59 Å². The highest BCUT2D eigenvalue weighted by Crippen LogP contribution is 2.34. The van der Waals surface area contributed by atoms with Crippen LogP contribution in [0.3, 0.4) is 0 Å². The van der Waals surface area contributed by atoms with Crippen LogP contribution in [0.25, 0.3) is 0 Å². The van der Waals surface area contributed by atoms with Gasteiger partial charge in [-0.05, 0) is 31.2 Å². The first kappa shape index (κ1) is 20.4. The number of hydrogen-bond donors (Lipinski definition) is 1. The number of amidine groups is 1. The number of hydrogen-bond acceptors (Lipinski definition) is 6. The van der Waals surface area contributed by atoms with Gasteiger partial charge in [0.05, 0.1) is 18.4 Å². The van der Waals surface area contributed by atoms with Crippen LogP contribution < -0.4 is 10.1 Å². The number of aliphatic imine (C=N–C) groups is 1. The monoisotopic (exact) mass is 408 g/mol. The maximum absolute atomic E-state index is 12.8. The third kappa shape index (κ3) is 4.58. The van der Waals surface area contributed by atoms with Gasteiger partial charge in [-0.2, -0.15) is 5.26 Å². The predicted octanol–water partition coefficient (Wildman–Crippen LogP) is 3.55. The molecule has 8 heteroatoms. The van der Waals surface area contributed by atoms with E-state index in [-0.39, 0.29) is 18.2 Å². The van der Waals surface area contributed by atoms with Gasteiger partial charge >= 0.3 is 0 Å². The molecule has 0 saturated carbocycles. The van der Waals surface area contributed by atoms with E-state index < -0.39 is 5.25 Å². The van der Waals surface area contributed by atoms with Crippen molar-refractivity contribution in [1.29, 1.82) is 5.26 Å². The molecule has 0 bridgehead atoms. The van der Waals surface area contributed by atoms with E-state index in [4.69, 9.17) is 10.00 Å². The van der Waals surface area contributed by atoms with E-state index >= 15 is 0 Å². The number of thioether (sulfide) groups is 1. The molecule has 0 spiro atoms. The van der Waals surface area contributed by atoms with E-state index in [0.717, 1.165) is 0 Å². The van der Waals surface area contributed by atoms with Crippen molar-refractivity contribution in [3.8, 4) is 11.8 Å². The van der Waals surface area contributed by atoms with E-state index in [1.807, 2.05) is 31.2 Å². The van der Waals surface area contributed by atoms with Crippen molar-refractivity contribution in [3.63, 3.8) is 0 Å². The van der Waals surface area contributed by atoms with E-state index in [1.54, 1.807) is 42.3 Å². The van der Waals surface area contributed by atoms with Crippen molar-refractivity contribution in [2.75, 3.05) is 19.0 Å². The number of rotatable bonds is 6. The molecule has 148 valence electrons. The minimum Gasteiger partial charge on any atom is -0.494 e. The fraction of sp³-hybridized carbons (Fsp3) is 0.238. The Balaban J connectivity index is 1.76. The lowest BCUT2D eigenvalue weighted by molar-refractivity contribution is -0.128. The maximum Gasteiger partial charge on any atom is 0.242 e. The van der Waals surface area contributed by atoms with Crippen LogP contribution in [0.5, 0.6) is 5.75 Å². The first-order valence-electron chi connectivity index (χ1n) is 9.06. The Morgan fingerprint density at radius 2 is 2.00 bits per heavy atom. The highest BCUT2D eigenvalue weighted by Gasteiger charge is 2.38. The Hall–Kier alpha value is -3.31. The zero-order chi connectivity index (χ0) is 20.8. The molecule has 1 N–H and O–H groups in total. The standard InChI is InChI=1S/C21H20N4O3S/c1-3-25-20(27)18(12-19(26)23-15-9-5-4-8-14(15)13-22)29-21(25)24-16-10-6-7-11-17(16)28-2/h4-11,18H,3,12H2,1-2H3,(H,23,26). The first-order chi connectivity index (χ1) is 14.1. The third-order valence-corrected chi connectivity index (χ3v) is 5.51. The largest absolute Gasteiger partial charge is 0.494 e. The maximum atomic E-state index is 12.8. The average Bonchev–Trinajstić information content (AvgIpc) is 3.02. The molecule has 1 unspecified atom stereocenters. The number of nitrogens with zero attached hydrogens (tertiary/aromatic N) is 3. The fourth-order valence-electron chi connectivity index (χ4n) is 2.90. The SMILES string of the molecule is CCN1C(=O)C(CC(=O)Nc2ccccc2C#N)SC1=Nc1ccccc1OC. The van der Waals surface area contributed by atoms with Crippen molar-refractivity contribution < 1.29 is 14.3 Å². The molecule has 2 amide bonds. The van der Waals surface area contributed by atoms with Gasteiger partial charge < -0.3 is 10.1 Å². The number of carbonyl (C=O) groups is 2. The highest BCUT2D eigenvalue weighted by atomic mass is 32.2. The van der Waals surface area contributed by atoms with Gasteiger partial charge in [-0.25, -0.2) is 4.99 Å². The second-order valence-corrected chi connectivity index (χ2v) is 7.33. The van der Waals surface area contributed by atoms with Gasteiger partial charge in [0.25, 0.3) is 0 Å². The molecule has 2 aromatic carbocycles. The zero-order valence-corrected chi connectivity index (χ0v) is 16.9. The third-order valence-electron chi connectivity index (χ3n) is 4.33. The summed E-state index contributed by atoms with van der Waals surface area (Å²) in [5.74, 6) is 0.126. The molecule has 1 heterocycles. The van der Waals surface area contributed by atoms with Crippen molar-refractivity contribution in [2.24, 2.45) is 4.99 Å². The van der Waals surface area contributed by atoms with Crippen LogP contribution in [0.15, 0.2) is 53.5 Å². The van der Waals surface area contributed by atoms with Crippen molar-refractivity contribution in [2.45, 2.75) is 18.6 Å². The number of nitrogens with one attached hydrogen (secondary N) is 1. The average molecular weight is 408 g/mol. The van der Waals surface area contributed by atoms with Gasteiger partial charge in [0.15, 0.2) is 5.17 Å². The van der Waals surface area contributed by atoms with Gasteiger partial charge in [0.1, 0.15) is 22.8 Å². The van der Waals surface area contributed by atoms with Gasteiger partial charge in [-0.1, -0.05) is 36.0 Å². The van der Waals surface area contributed by atoms with Crippen molar-refractivity contribution in [3.05, 3.63) is 54.1 Å². The summed E-state index contributed by atoms with van der Waals surface area (Å²) in [6.07, 6.45) is -0.00922. The number of carbonyl (C=O) groups excluding carboxylic acids is 2. The topological polar surface area (TPSA) is 94.8 Å². The summed E-state index contributed by atoms with van der Waals surface area (Å²) >= 11 is 1.26. The van der Waals surface area contributed by atoms with Crippen LogP contribution in [0.2, 0.25) is 0 Å². The molecule has 0 aromatic heterocycles. The van der Waals surface area contributed by atoms with Crippen LogP contribution in [0.1, 0.15) is 18.9 Å². The minimum absolute atomic E-state index is 0.00922. The van der Waals surface area contributed by atoms with Crippen LogP contribution in [-0.4, -0.2) is 40.8 Å².